The summed E-state index contributed by atoms with van der Waals surface area (Å²) in [5, 5.41) is 11.8. The van der Waals surface area contributed by atoms with Crippen LogP contribution in [0.5, 0.6) is 0 Å². The fraction of sp³-hybridized carbons (Fsp3) is 0.333. The fourth-order valence-electron chi connectivity index (χ4n) is 1.33. The van der Waals surface area contributed by atoms with Gasteiger partial charge in [-0.3, -0.25) is 4.79 Å². The van der Waals surface area contributed by atoms with E-state index in [1.165, 1.54) is 0 Å². The van der Waals surface area contributed by atoms with Crippen molar-refractivity contribution in [3.8, 4) is 6.07 Å². The molecular formula is C12H14ClN3O. The van der Waals surface area contributed by atoms with Gasteiger partial charge in [0, 0.05) is 6.42 Å². The molecule has 0 aromatic heterocycles. The molecule has 1 amide bonds. The van der Waals surface area contributed by atoms with Crippen molar-refractivity contribution in [1.82, 2.24) is 0 Å². The van der Waals surface area contributed by atoms with Crippen molar-refractivity contribution in [2.24, 2.45) is 5.73 Å². The second-order valence-electron chi connectivity index (χ2n) is 3.60. The fourth-order valence-corrected chi connectivity index (χ4v) is 1.50. The van der Waals surface area contributed by atoms with Crippen molar-refractivity contribution < 1.29 is 4.79 Å². The highest BCUT2D eigenvalue weighted by Crippen LogP contribution is 2.22. The molecule has 0 atom stereocenters. The van der Waals surface area contributed by atoms with Crippen molar-refractivity contribution >= 4 is 23.2 Å². The maximum absolute atomic E-state index is 11.5. The number of unbranched alkanes of at least 4 members (excludes halogenated alkanes) is 1. The number of anilines is 1. The number of nitrogens with two attached hydrogens (primary N) is 1. The molecule has 0 aliphatic heterocycles. The summed E-state index contributed by atoms with van der Waals surface area (Å²) >= 11 is 5.91. The number of hydrogen-bond acceptors (Lipinski definition) is 3. The molecule has 17 heavy (non-hydrogen) atoms. The van der Waals surface area contributed by atoms with Gasteiger partial charge in [-0.1, -0.05) is 11.6 Å². The van der Waals surface area contributed by atoms with Gasteiger partial charge in [-0.2, -0.15) is 5.26 Å². The van der Waals surface area contributed by atoms with E-state index in [-0.39, 0.29) is 5.91 Å². The van der Waals surface area contributed by atoms with E-state index in [0.29, 0.717) is 29.2 Å². The molecule has 1 aromatic carbocycles. The van der Waals surface area contributed by atoms with Crippen LogP contribution in [0.25, 0.3) is 0 Å². The van der Waals surface area contributed by atoms with Crippen LogP contribution >= 0.6 is 11.6 Å². The summed E-state index contributed by atoms with van der Waals surface area (Å²) in [4.78, 5) is 11.5. The van der Waals surface area contributed by atoms with Crippen LogP contribution in [0.4, 0.5) is 5.69 Å². The highest BCUT2D eigenvalue weighted by molar-refractivity contribution is 6.33. The van der Waals surface area contributed by atoms with Crippen molar-refractivity contribution in [2.45, 2.75) is 19.3 Å². The highest BCUT2D eigenvalue weighted by Gasteiger charge is 2.06. The predicted molar refractivity (Wildman–Crippen MR) is 67.7 cm³/mol. The number of benzene rings is 1. The second-order valence-corrected chi connectivity index (χ2v) is 4.01. The lowest BCUT2D eigenvalue weighted by Gasteiger charge is -2.07. The van der Waals surface area contributed by atoms with Crippen LogP contribution in [0.15, 0.2) is 18.2 Å². The third-order valence-electron chi connectivity index (χ3n) is 2.23. The topological polar surface area (TPSA) is 78.9 Å². The van der Waals surface area contributed by atoms with Gasteiger partial charge in [0.15, 0.2) is 0 Å². The Morgan fingerprint density at radius 1 is 1.47 bits per heavy atom. The first kappa shape index (κ1) is 13.5. The lowest BCUT2D eigenvalue weighted by Crippen LogP contribution is -2.12. The number of amides is 1. The average Bonchev–Trinajstić information content (AvgIpc) is 2.32. The normalized spacial score (nSPS) is 9.71. The van der Waals surface area contributed by atoms with Gasteiger partial charge in [0.2, 0.25) is 5.91 Å². The minimum atomic E-state index is -0.115. The highest BCUT2D eigenvalue weighted by atomic mass is 35.5. The van der Waals surface area contributed by atoms with E-state index in [1.54, 1.807) is 18.2 Å². The zero-order valence-corrected chi connectivity index (χ0v) is 10.1. The first-order valence-corrected chi connectivity index (χ1v) is 5.74. The molecule has 4 nitrogen and oxygen atoms in total. The van der Waals surface area contributed by atoms with Gasteiger partial charge in [-0.05, 0) is 37.6 Å². The lowest BCUT2D eigenvalue weighted by atomic mass is 10.2. The molecule has 0 radical (unpaired) electrons. The van der Waals surface area contributed by atoms with E-state index < -0.39 is 0 Å². The van der Waals surface area contributed by atoms with Gasteiger partial charge in [0.25, 0.3) is 0 Å². The predicted octanol–water partition coefficient (Wildman–Crippen LogP) is 2.28. The smallest absolute Gasteiger partial charge is 0.224 e. The van der Waals surface area contributed by atoms with Crippen LogP contribution in [0, 0.1) is 11.3 Å². The summed E-state index contributed by atoms with van der Waals surface area (Å²) in [5.41, 5.74) is 6.28. The van der Waals surface area contributed by atoms with Crippen molar-refractivity contribution in [3.63, 3.8) is 0 Å². The number of nitrogens with zero attached hydrogens (tertiary/aromatic N) is 1. The summed E-state index contributed by atoms with van der Waals surface area (Å²) in [6.45, 7) is 0.581. The van der Waals surface area contributed by atoms with E-state index in [9.17, 15) is 4.79 Å². The van der Waals surface area contributed by atoms with Gasteiger partial charge in [-0.15, -0.1) is 0 Å². The van der Waals surface area contributed by atoms with Gasteiger partial charge < -0.3 is 11.1 Å². The third kappa shape index (κ3) is 4.43. The molecule has 0 unspecified atom stereocenters. The summed E-state index contributed by atoms with van der Waals surface area (Å²) in [6, 6.07) is 6.75. The zero-order valence-electron chi connectivity index (χ0n) is 9.37. The molecule has 0 aliphatic rings. The van der Waals surface area contributed by atoms with Crippen LogP contribution in [-0.2, 0) is 4.79 Å². The number of carbonyl (C=O) groups excluding carboxylic acids is 1. The van der Waals surface area contributed by atoms with Gasteiger partial charge in [-0.25, -0.2) is 0 Å². The standard InChI is InChI=1S/C12H14ClN3O/c13-10-5-4-9(8-15)7-11(10)16-12(17)3-1-2-6-14/h4-5,7H,1-3,6,14H2,(H,16,17). The molecule has 3 N–H and O–H groups in total. The molecule has 90 valence electrons. The number of halogens is 1. The van der Waals surface area contributed by atoms with E-state index >= 15 is 0 Å². The zero-order chi connectivity index (χ0) is 12.7. The average molecular weight is 252 g/mol. The third-order valence-corrected chi connectivity index (χ3v) is 2.56. The first-order chi connectivity index (χ1) is 8.17. The second kappa shape index (κ2) is 6.89. The molecule has 0 heterocycles. The van der Waals surface area contributed by atoms with Crippen LogP contribution in [0.2, 0.25) is 5.02 Å². The number of nitriles is 1. The molecule has 0 saturated heterocycles. The molecule has 0 saturated carbocycles. The maximum Gasteiger partial charge on any atom is 0.224 e. The van der Waals surface area contributed by atoms with Gasteiger partial charge >= 0.3 is 0 Å². The van der Waals surface area contributed by atoms with Gasteiger partial charge in [0.1, 0.15) is 0 Å². The Hall–Kier alpha value is -1.57. The molecular weight excluding hydrogens is 238 g/mol. The summed E-state index contributed by atoms with van der Waals surface area (Å²) in [7, 11) is 0. The quantitative estimate of drug-likeness (QED) is 0.788. The number of nitrogens with one attached hydrogen (secondary N) is 1. The summed E-state index contributed by atoms with van der Waals surface area (Å²) < 4.78 is 0. The molecule has 0 spiro atoms. The Kier molecular flexibility index (Phi) is 5.47. The summed E-state index contributed by atoms with van der Waals surface area (Å²) in [5.74, 6) is -0.115. The number of hydrogen-bond donors (Lipinski definition) is 2. The Bertz CT molecular complexity index is 440. The van der Waals surface area contributed by atoms with E-state index in [1.807, 2.05) is 6.07 Å². The van der Waals surface area contributed by atoms with E-state index in [2.05, 4.69) is 5.32 Å². The van der Waals surface area contributed by atoms with Crippen molar-refractivity contribution in [3.05, 3.63) is 28.8 Å². The first-order valence-electron chi connectivity index (χ1n) is 5.37. The number of carbonyl (C=O) groups is 1. The Labute approximate surface area is 105 Å². The van der Waals surface area contributed by atoms with E-state index in [0.717, 1.165) is 12.8 Å². The molecule has 0 fully saturated rings. The van der Waals surface area contributed by atoms with E-state index in [4.69, 9.17) is 22.6 Å². The van der Waals surface area contributed by atoms with Crippen molar-refractivity contribution in [1.29, 1.82) is 5.26 Å². The Morgan fingerprint density at radius 2 is 2.24 bits per heavy atom. The Morgan fingerprint density at radius 3 is 2.88 bits per heavy atom. The van der Waals surface area contributed by atoms with Crippen LogP contribution in [-0.4, -0.2) is 12.5 Å². The number of rotatable bonds is 5. The SMILES string of the molecule is N#Cc1ccc(Cl)c(NC(=O)CCCCN)c1. The maximum atomic E-state index is 11.5. The molecule has 1 aromatic rings. The van der Waals surface area contributed by atoms with Crippen LogP contribution in [0.3, 0.4) is 0 Å². The minimum absolute atomic E-state index is 0.115. The molecule has 0 aliphatic carbocycles. The summed E-state index contributed by atoms with van der Waals surface area (Å²) in [6.07, 6.45) is 1.97. The van der Waals surface area contributed by atoms with Crippen LogP contribution in [0.1, 0.15) is 24.8 Å². The molecule has 0 bridgehead atoms. The minimum Gasteiger partial charge on any atom is -0.330 e. The monoisotopic (exact) mass is 251 g/mol. The van der Waals surface area contributed by atoms with Gasteiger partial charge in [0.05, 0.1) is 22.3 Å². The lowest BCUT2D eigenvalue weighted by molar-refractivity contribution is -0.116. The molecule has 1 rings (SSSR count). The van der Waals surface area contributed by atoms with Crippen molar-refractivity contribution in [2.75, 3.05) is 11.9 Å². The Balaban J connectivity index is 2.61. The molecule has 5 heteroatoms. The van der Waals surface area contributed by atoms with Crippen LogP contribution < -0.4 is 11.1 Å². The largest absolute Gasteiger partial charge is 0.330 e.